The van der Waals surface area contributed by atoms with E-state index in [0.717, 1.165) is 48.0 Å². The Hall–Kier alpha value is -3.35. The molecule has 2 aliphatic heterocycles. The number of nitrogens with zero attached hydrogens (tertiary/aromatic N) is 2. The van der Waals surface area contributed by atoms with Gasteiger partial charge in [0.15, 0.2) is 0 Å². The fourth-order valence-corrected chi connectivity index (χ4v) is 5.00. The monoisotopic (exact) mass is 420 g/mol. The molecule has 2 amide bonds. The van der Waals surface area contributed by atoms with Crippen molar-refractivity contribution in [1.82, 2.24) is 20.2 Å². The molecule has 160 valence electrons. The number of nitrogens with one attached hydrogen (secondary N) is 2. The first kappa shape index (κ1) is 19.6. The second-order valence-corrected chi connectivity index (χ2v) is 8.16. The molecule has 2 bridgehead atoms. The van der Waals surface area contributed by atoms with Gasteiger partial charge in [-0.2, -0.15) is 0 Å². The van der Waals surface area contributed by atoms with Crippen molar-refractivity contribution in [3.05, 3.63) is 54.1 Å². The molecule has 31 heavy (non-hydrogen) atoms. The van der Waals surface area contributed by atoms with Crippen molar-refractivity contribution in [3.63, 3.8) is 0 Å². The van der Waals surface area contributed by atoms with Gasteiger partial charge in [0.25, 0.3) is 0 Å². The number of pyridine rings is 1. The summed E-state index contributed by atoms with van der Waals surface area (Å²) in [6.07, 6.45) is 7.83. The van der Waals surface area contributed by atoms with Gasteiger partial charge in [-0.1, -0.05) is 6.08 Å². The van der Waals surface area contributed by atoms with Gasteiger partial charge < -0.3 is 19.9 Å². The van der Waals surface area contributed by atoms with E-state index in [0.29, 0.717) is 11.3 Å². The van der Waals surface area contributed by atoms with Crippen LogP contribution in [-0.2, 0) is 0 Å². The Morgan fingerprint density at radius 1 is 1.26 bits per heavy atom. The molecule has 2 N–H and O–H groups in total. The summed E-state index contributed by atoms with van der Waals surface area (Å²) in [6, 6.07) is 8.78. The standard InChI is InChI=1S/C24H25FN4O2/c1-26-24(30)29-16-4-3-5-17(29)11-14(10-16)21-13-20-18(8-9-27-23(20)28-21)19-12-15(25)6-7-22(19)31-2/h6-10,12-13,16-17H,3-5,11H2,1-2H3,(H,26,30)(H,27,28). The molecule has 0 aliphatic carbocycles. The molecule has 0 spiro atoms. The second-order valence-electron chi connectivity index (χ2n) is 8.16. The van der Waals surface area contributed by atoms with Crippen LogP contribution < -0.4 is 10.1 Å². The van der Waals surface area contributed by atoms with Crippen LogP contribution in [0.5, 0.6) is 5.75 Å². The lowest BCUT2D eigenvalue weighted by Gasteiger charge is -2.44. The molecule has 7 heteroatoms. The van der Waals surface area contributed by atoms with Crippen LogP contribution in [0, 0.1) is 5.82 Å². The van der Waals surface area contributed by atoms with E-state index in [1.807, 2.05) is 11.0 Å². The molecule has 2 unspecified atom stereocenters. The summed E-state index contributed by atoms with van der Waals surface area (Å²) in [4.78, 5) is 22.3. The number of hydrogen-bond donors (Lipinski definition) is 2. The van der Waals surface area contributed by atoms with Crippen molar-refractivity contribution >= 4 is 22.6 Å². The third kappa shape index (κ3) is 3.34. The number of hydrogen-bond acceptors (Lipinski definition) is 3. The number of amides is 2. The molecule has 0 radical (unpaired) electrons. The number of carbonyl (C=O) groups excluding carboxylic acids is 1. The van der Waals surface area contributed by atoms with E-state index < -0.39 is 0 Å². The van der Waals surface area contributed by atoms with E-state index in [9.17, 15) is 9.18 Å². The van der Waals surface area contributed by atoms with Gasteiger partial charge in [-0.05, 0) is 67.2 Å². The molecule has 0 saturated carbocycles. The Bertz CT molecular complexity index is 1190. The zero-order valence-electron chi connectivity index (χ0n) is 17.6. The molecule has 1 fully saturated rings. The number of halogens is 1. The number of benzene rings is 1. The summed E-state index contributed by atoms with van der Waals surface area (Å²) >= 11 is 0. The summed E-state index contributed by atoms with van der Waals surface area (Å²) in [7, 11) is 3.27. The quantitative estimate of drug-likeness (QED) is 0.644. The van der Waals surface area contributed by atoms with Gasteiger partial charge in [-0.15, -0.1) is 0 Å². The minimum Gasteiger partial charge on any atom is -0.496 e. The van der Waals surface area contributed by atoms with Gasteiger partial charge in [0.1, 0.15) is 17.2 Å². The summed E-state index contributed by atoms with van der Waals surface area (Å²) < 4.78 is 19.5. The van der Waals surface area contributed by atoms with Crippen LogP contribution in [0.15, 0.2) is 42.6 Å². The molecule has 1 saturated heterocycles. The Balaban J connectivity index is 1.58. The lowest BCUT2D eigenvalue weighted by Crippen LogP contribution is -2.54. The summed E-state index contributed by atoms with van der Waals surface area (Å²) in [5.41, 5.74) is 4.51. The largest absolute Gasteiger partial charge is 0.496 e. The van der Waals surface area contributed by atoms with E-state index in [4.69, 9.17) is 4.74 Å². The van der Waals surface area contributed by atoms with Gasteiger partial charge in [-0.3, -0.25) is 0 Å². The van der Waals surface area contributed by atoms with Crippen LogP contribution in [0.1, 0.15) is 31.4 Å². The van der Waals surface area contributed by atoms with Crippen molar-refractivity contribution in [2.24, 2.45) is 0 Å². The number of methoxy groups -OCH3 is 1. The van der Waals surface area contributed by atoms with E-state index >= 15 is 0 Å². The average molecular weight is 420 g/mol. The number of rotatable bonds is 3. The van der Waals surface area contributed by atoms with E-state index in [1.165, 1.54) is 17.7 Å². The second kappa shape index (κ2) is 7.72. The third-order valence-corrected chi connectivity index (χ3v) is 6.41. The molecular formula is C24H25FN4O2. The maximum Gasteiger partial charge on any atom is 0.317 e. The zero-order chi connectivity index (χ0) is 21.5. The molecule has 6 nitrogen and oxygen atoms in total. The first-order chi connectivity index (χ1) is 15.1. The Labute approximate surface area is 180 Å². The molecule has 5 rings (SSSR count). The third-order valence-electron chi connectivity index (χ3n) is 6.41. The molecular weight excluding hydrogens is 395 g/mol. The van der Waals surface area contributed by atoms with Gasteiger partial charge in [0.05, 0.1) is 13.2 Å². The number of H-pyrrole nitrogens is 1. The zero-order valence-corrected chi connectivity index (χ0v) is 17.6. The normalized spacial score (nSPS) is 20.5. The Morgan fingerprint density at radius 3 is 2.90 bits per heavy atom. The first-order valence-corrected chi connectivity index (χ1v) is 10.6. The van der Waals surface area contributed by atoms with Crippen molar-refractivity contribution in [2.75, 3.05) is 14.2 Å². The molecule has 3 aromatic rings. The fraction of sp³-hybridized carbons (Fsp3) is 0.333. The maximum atomic E-state index is 14.0. The molecule has 2 aromatic heterocycles. The summed E-state index contributed by atoms with van der Waals surface area (Å²) in [5.74, 6) is 0.304. The maximum absolute atomic E-state index is 14.0. The highest BCUT2D eigenvalue weighted by Gasteiger charge is 2.37. The number of urea groups is 1. The number of aromatic amines is 1. The summed E-state index contributed by atoms with van der Waals surface area (Å²) in [5, 5.41) is 3.70. The van der Waals surface area contributed by atoms with Gasteiger partial charge in [0.2, 0.25) is 0 Å². The van der Waals surface area contributed by atoms with Crippen LogP contribution in [0.3, 0.4) is 0 Å². The Kier molecular flexibility index (Phi) is 4.88. The van der Waals surface area contributed by atoms with Gasteiger partial charge in [-0.25, -0.2) is 14.2 Å². The minimum atomic E-state index is -0.311. The van der Waals surface area contributed by atoms with Gasteiger partial charge in [0, 0.05) is 35.9 Å². The first-order valence-electron chi connectivity index (χ1n) is 10.6. The van der Waals surface area contributed by atoms with Crippen molar-refractivity contribution in [3.8, 4) is 16.9 Å². The summed E-state index contributed by atoms with van der Waals surface area (Å²) in [6.45, 7) is 0. The highest BCUT2D eigenvalue weighted by atomic mass is 19.1. The Morgan fingerprint density at radius 2 is 2.13 bits per heavy atom. The number of fused-ring (bicyclic) bond motifs is 3. The molecule has 2 atom stereocenters. The lowest BCUT2D eigenvalue weighted by atomic mass is 9.84. The minimum absolute atomic E-state index is 0.0104. The van der Waals surface area contributed by atoms with E-state index in [-0.39, 0.29) is 23.9 Å². The molecule has 2 aliphatic rings. The van der Waals surface area contributed by atoms with Crippen molar-refractivity contribution in [2.45, 2.75) is 37.8 Å². The van der Waals surface area contributed by atoms with Gasteiger partial charge >= 0.3 is 6.03 Å². The number of aromatic nitrogens is 2. The highest BCUT2D eigenvalue weighted by molar-refractivity contribution is 5.97. The number of ether oxygens (including phenoxy) is 1. The average Bonchev–Trinajstić information content (AvgIpc) is 3.22. The molecule has 1 aromatic carbocycles. The smallest absolute Gasteiger partial charge is 0.317 e. The topological polar surface area (TPSA) is 70.2 Å². The predicted molar refractivity (Wildman–Crippen MR) is 118 cm³/mol. The van der Waals surface area contributed by atoms with Crippen molar-refractivity contribution < 1.29 is 13.9 Å². The van der Waals surface area contributed by atoms with Crippen LogP contribution >= 0.6 is 0 Å². The van der Waals surface area contributed by atoms with E-state index in [2.05, 4.69) is 27.4 Å². The van der Waals surface area contributed by atoms with Crippen LogP contribution in [0.25, 0.3) is 27.7 Å². The number of carbonyl (C=O) groups is 1. The van der Waals surface area contributed by atoms with E-state index in [1.54, 1.807) is 26.4 Å². The number of piperidine rings is 1. The fourth-order valence-electron chi connectivity index (χ4n) is 5.00. The van der Waals surface area contributed by atoms with Crippen LogP contribution in [-0.4, -0.2) is 47.1 Å². The van der Waals surface area contributed by atoms with Crippen molar-refractivity contribution in [1.29, 1.82) is 0 Å². The van der Waals surface area contributed by atoms with Crippen LogP contribution in [0.4, 0.5) is 9.18 Å². The molecule has 4 heterocycles. The van der Waals surface area contributed by atoms with Crippen LogP contribution in [0.2, 0.25) is 0 Å². The SMILES string of the molecule is CNC(=O)N1C2C=C(c3cc4c(-c5cc(F)ccc5OC)ccnc4[nH]3)CC1CCC2. The lowest BCUT2D eigenvalue weighted by molar-refractivity contribution is 0.124. The predicted octanol–water partition coefficient (Wildman–Crippen LogP) is 4.73. The highest BCUT2D eigenvalue weighted by Crippen LogP contribution is 2.40.